The Labute approximate surface area is 202 Å². The molecule has 1 aliphatic heterocycles. The second-order valence-electron chi connectivity index (χ2n) is 7.78. The second kappa shape index (κ2) is 10.5. The van der Waals surface area contributed by atoms with Crippen molar-refractivity contribution in [1.29, 1.82) is 0 Å². The first kappa shape index (κ1) is 23.5. The summed E-state index contributed by atoms with van der Waals surface area (Å²) in [6.07, 6.45) is 3.30. The molecule has 1 aliphatic rings. The molecule has 1 amide bonds. The Hall–Kier alpha value is -3.65. The number of hydrogen-bond donors (Lipinski definition) is 1. The van der Waals surface area contributed by atoms with Gasteiger partial charge in [-0.1, -0.05) is 38.1 Å². The van der Waals surface area contributed by atoms with Crippen molar-refractivity contribution >= 4 is 33.9 Å². The fourth-order valence-electron chi connectivity index (χ4n) is 3.75. The Morgan fingerprint density at radius 2 is 1.74 bits per heavy atom. The number of ketones is 1. The number of Topliss-reactive ketones (excluding diaryl/α,β-unsaturated/α-hetero) is 1. The summed E-state index contributed by atoms with van der Waals surface area (Å²) in [6.45, 7) is 5.15. The largest absolute Gasteiger partial charge is 0.507 e. The van der Waals surface area contributed by atoms with Crippen LogP contribution in [0.15, 0.2) is 65.7 Å². The summed E-state index contributed by atoms with van der Waals surface area (Å²) >= 11 is 1.25. The van der Waals surface area contributed by atoms with Gasteiger partial charge in [-0.3, -0.25) is 14.5 Å². The maximum absolute atomic E-state index is 13.2. The minimum absolute atomic E-state index is 0.00932. The molecule has 0 saturated carbocycles. The van der Waals surface area contributed by atoms with E-state index in [1.54, 1.807) is 60.1 Å². The van der Waals surface area contributed by atoms with Crippen LogP contribution in [-0.4, -0.2) is 35.0 Å². The van der Waals surface area contributed by atoms with E-state index >= 15 is 0 Å². The molecule has 2 aromatic carbocycles. The molecule has 176 valence electrons. The summed E-state index contributed by atoms with van der Waals surface area (Å²) in [5.41, 5.74) is 1.08. The maximum atomic E-state index is 13.2. The standard InChI is InChI=1S/C26H26N2O5S/c1-3-13-32-19-10-8-17(9-11-19)22-21(24(30)25(31)28(22)26-27-12-15-34-26)23(29)18-6-5-7-20(16-18)33-14-4-2/h5-12,15-16,22,29H,3-4,13-14H2,1-2H3. The van der Waals surface area contributed by atoms with Crippen molar-refractivity contribution in [2.75, 3.05) is 18.1 Å². The van der Waals surface area contributed by atoms with Gasteiger partial charge in [0.1, 0.15) is 17.3 Å². The van der Waals surface area contributed by atoms with Crippen molar-refractivity contribution in [3.8, 4) is 11.5 Å². The molecule has 1 atom stereocenters. The minimum atomic E-state index is -0.827. The Morgan fingerprint density at radius 3 is 2.38 bits per heavy atom. The number of hydrogen-bond acceptors (Lipinski definition) is 7. The monoisotopic (exact) mass is 478 g/mol. The van der Waals surface area contributed by atoms with Gasteiger partial charge in [0.25, 0.3) is 5.78 Å². The molecule has 3 aromatic rings. The Kier molecular flexibility index (Phi) is 7.27. The summed E-state index contributed by atoms with van der Waals surface area (Å²) in [4.78, 5) is 31.9. The van der Waals surface area contributed by atoms with Gasteiger partial charge < -0.3 is 14.6 Å². The molecule has 8 heteroatoms. The van der Waals surface area contributed by atoms with Crippen molar-refractivity contribution in [2.45, 2.75) is 32.7 Å². The normalized spacial score (nSPS) is 17.2. The van der Waals surface area contributed by atoms with E-state index < -0.39 is 17.7 Å². The summed E-state index contributed by atoms with van der Waals surface area (Å²) in [6, 6.07) is 13.3. The zero-order valence-electron chi connectivity index (χ0n) is 19.1. The molecular formula is C26H26N2O5S. The number of anilines is 1. The van der Waals surface area contributed by atoms with Crippen molar-refractivity contribution in [3.05, 3.63) is 76.8 Å². The predicted molar refractivity (Wildman–Crippen MR) is 131 cm³/mol. The van der Waals surface area contributed by atoms with Crippen LogP contribution in [0.5, 0.6) is 11.5 Å². The second-order valence-corrected chi connectivity index (χ2v) is 8.65. The maximum Gasteiger partial charge on any atom is 0.301 e. The lowest BCUT2D eigenvalue weighted by atomic mass is 9.95. The highest BCUT2D eigenvalue weighted by Crippen LogP contribution is 2.43. The lowest BCUT2D eigenvalue weighted by Crippen LogP contribution is -2.29. The molecule has 1 unspecified atom stereocenters. The highest BCUT2D eigenvalue weighted by molar-refractivity contribution is 7.14. The van der Waals surface area contributed by atoms with E-state index in [9.17, 15) is 14.7 Å². The van der Waals surface area contributed by atoms with Crippen molar-refractivity contribution < 1.29 is 24.2 Å². The molecule has 0 spiro atoms. The summed E-state index contributed by atoms with van der Waals surface area (Å²) in [7, 11) is 0. The number of amides is 1. The number of nitrogens with zero attached hydrogens (tertiary/aromatic N) is 2. The highest BCUT2D eigenvalue weighted by atomic mass is 32.1. The van der Waals surface area contributed by atoms with Gasteiger partial charge in [0.2, 0.25) is 0 Å². The first-order valence-electron chi connectivity index (χ1n) is 11.2. The fourth-order valence-corrected chi connectivity index (χ4v) is 4.42. The van der Waals surface area contributed by atoms with E-state index in [-0.39, 0.29) is 11.3 Å². The third-order valence-corrected chi connectivity index (χ3v) is 6.09. The van der Waals surface area contributed by atoms with E-state index in [0.29, 0.717) is 41.0 Å². The zero-order chi connectivity index (χ0) is 24.1. The van der Waals surface area contributed by atoms with Gasteiger partial charge >= 0.3 is 5.91 Å². The summed E-state index contributed by atoms with van der Waals surface area (Å²) < 4.78 is 11.3. The van der Waals surface area contributed by atoms with Crippen LogP contribution in [0.3, 0.4) is 0 Å². The van der Waals surface area contributed by atoms with Gasteiger partial charge in [0.05, 0.1) is 24.8 Å². The summed E-state index contributed by atoms with van der Waals surface area (Å²) in [5, 5.41) is 13.4. The third kappa shape index (κ3) is 4.68. The van der Waals surface area contributed by atoms with E-state index in [1.807, 2.05) is 13.8 Å². The molecule has 1 N–H and O–H groups in total. The average Bonchev–Trinajstić information content (AvgIpc) is 3.48. The molecule has 34 heavy (non-hydrogen) atoms. The van der Waals surface area contributed by atoms with E-state index in [0.717, 1.165) is 12.8 Å². The number of rotatable bonds is 9. The van der Waals surface area contributed by atoms with Crippen LogP contribution in [0.25, 0.3) is 5.76 Å². The molecule has 4 rings (SSSR count). The fraction of sp³-hybridized carbons (Fsp3) is 0.269. The van der Waals surface area contributed by atoms with Crippen LogP contribution < -0.4 is 14.4 Å². The number of aromatic nitrogens is 1. The van der Waals surface area contributed by atoms with Crippen molar-refractivity contribution in [1.82, 2.24) is 4.98 Å². The van der Waals surface area contributed by atoms with Crippen LogP contribution in [0, 0.1) is 0 Å². The third-order valence-electron chi connectivity index (χ3n) is 5.32. The molecule has 2 heterocycles. The Balaban J connectivity index is 1.81. The number of thiazole rings is 1. The van der Waals surface area contributed by atoms with Crippen molar-refractivity contribution in [2.24, 2.45) is 0 Å². The smallest absolute Gasteiger partial charge is 0.301 e. The molecule has 1 aromatic heterocycles. The van der Waals surface area contributed by atoms with Crippen LogP contribution in [0.2, 0.25) is 0 Å². The van der Waals surface area contributed by atoms with Crippen LogP contribution >= 0.6 is 11.3 Å². The quantitative estimate of drug-likeness (QED) is 0.253. The summed E-state index contributed by atoms with van der Waals surface area (Å²) in [5.74, 6) is -0.475. The number of carbonyl (C=O) groups excluding carboxylic acids is 2. The average molecular weight is 479 g/mol. The minimum Gasteiger partial charge on any atom is -0.507 e. The molecule has 0 radical (unpaired) electrons. The molecule has 7 nitrogen and oxygen atoms in total. The molecule has 1 fully saturated rings. The highest BCUT2D eigenvalue weighted by Gasteiger charge is 2.48. The van der Waals surface area contributed by atoms with E-state index in [4.69, 9.17) is 9.47 Å². The van der Waals surface area contributed by atoms with Gasteiger partial charge in [0, 0.05) is 17.1 Å². The first-order valence-corrected chi connectivity index (χ1v) is 12.1. The van der Waals surface area contributed by atoms with Crippen LogP contribution in [-0.2, 0) is 9.59 Å². The number of benzene rings is 2. The first-order chi connectivity index (χ1) is 16.5. The SMILES string of the molecule is CCCOc1ccc(C2C(=C(O)c3cccc(OCCC)c3)C(=O)C(=O)N2c2nccs2)cc1. The lowest BCUT2D eigenvalue weighted by molar-refractivity contribution is -0.132. The van der Waals surface area contributed by atoms with Gasteiger partial charge in [-0.2, -0.15) is 0 Å². The lowest BCUT2D eigenvalue weighted by Gasteiger charge is -2.23. The zero-order valence-corrected chi connectivity index (χ0v) is 19.9. The number of ether oxygens (including phenoxy) is 2. The molecule has 0 aliphatic carbocycles. The number of aliphatic hydroxyl groups is 1. The molecule has 1 saturated heterocycles. The van der Waals surface area contributed by atoms with Gasteiger partial charge in [0.15, 0.2) is 5.13 Å². The van der Waals surface area contributed by atoms with Gasteiger partial charge in [-0.05, 0) is 42.7 Å². The predicted octanol–water partition coefficient (Wildman–Crippen LogP) is 5.35. The Bertz CT molecular complexity index is 1190. The van der Waals surface area contributed by atoms with Gasteiger partial charge in [-0.25, -0.2) is 4.98 Å². The number of carbonyl (C=O) groups is 2. The van der Waals surface area contributed by atoms with Crippen LogP contribution in [0.1, 0.15) is 43.9 Å². The number of aliphatic hydroxyl groups excluding tert-OH is 1. The molecule has 0 bridgehead atoms. The van der Waals surface area contributed by atoms with Crippen molar-refractivity contribution in [3.63, 3.8) is 0 Å². The topological polar surface area (TPSA) is 89.0 Å². The van der Waals surface area contributed by atoms with E-state index in [2.05, 4.69) is 4.98 Å². The van der Waals surface area contributed by atoms with Gasteiger partial charge in [-0.15, -0.1) is 11.3 Å². The Morgan fingerprint density at radius 1 is 1.03 bits per heavy atom. The van der Waals surface area contributed by atoms with Crippen LogP contribution in [0.4, 0.5) is 5.13 Å². The molecular weight excluding hydrogens is 452 g/mol. The van der Waals surface area contributed by atoms with E-state index in [1.165, 1.54) is 16.2 Å².